The molecule has 0 bridgehead atoms. The fourth-order valence-corrected chi connectivity index (χ4v) is 2.01. The topological polar surface area (TPSA) is 55.8 Å². The number of ether oxygens (including phenoxy) is 2. The second kappa shape index (κ2) is 7.45. The van der Waals surface area contributed by atoms with E-state index < -0.39 is 12.1 Å². The molecule has 0 saturated carbocycles. The summed E-state index contributed by atoms with van der Waals surface area (Å²) in [6.45, 7) is 0.231. The van der Waals surface area contributed by atoms with Crippen LogP contribution < -0.4 is 4.74 Å². The van der Waals surface area contributed by atoms with Gasteiger partial charge in [-0.25, -0.2) is 4.79 Å². The van der Waals surface area contributed by atoms with E-state index in [1.165, 1.54) is 7.11 Å². The Labute approximate surface area is 123 Å². The van der Waals surface area contributed by atoms with Crippen LogP contribution in [0.2, 0.25) is 0 Å². The minimum Gasteiger partial charge on any atom is -0.496 e. The van der Waals surface area contributed by atoms with Crippen LogP contribution in [-0.2, 0) is 16.0 Å². The molecule has 1 unspecified atom stereocenters. The van der Waals surface area contributed by atoms with Gasteiger partial charge in [-0.15, -0.1) is 0 Å². The van der Waals surface area contributed by atoms with Crippen molar-refractivity contribution < 1.29 is 19.4 Å². The number of benzene rings is 2. The number of hydrogen-bond donors (Lipinski definition) is 1. The minimum absolute atomic E-state index is 0.231. The summed E-state index contributed by atoms with van der Waals surface area (Å²) < 4.78 is 10.2. The van der Waals surface area contributed by atoms with Crippen molar-refractivity contribution in [3.63, 3.8) is 0 Å². The zero-order valence-corrected chi connectivity index (χ0v) is 11.9. The number of rotatable bonds is 6. The monoisotopic (exact) mass is 286 g/mol. The lowest BCUT2D eigenvalue weighted by atomic mass is 10.1. The molecule has 21 heavy (non-hydrogen) atoms. The number of carbonyl (C=O) groups excluding carboxylic acids is 1. The molecule has 110 valence electrons. The van der Waals surface area contributed by atoms with E-state index in [1.54, 1.807) is 24.3 Å². The van der Waals surface area contributed by atoms with Crippen LogP contribution in [0.25, 0.3) is 0 Å². The molecule has 2 aromatic rings. The maximum atomic E-state index is 11.9. The van der Waals surface area contributed by atoms with E-state index in [0.717, 1.165) is 5.56 Å². The highest BCUT2D eigenvalue weighted by molar-refractivity contribution is 5.77. The van der Waals surface area contributed by atoms with E-state index in [4.69, 9.17) is 9.47 Å². The molecular weight excluding hydrogens is 268 g/mol. The molecule has 2 aromatic carbocycles. The molecule has 0 fully saturated rings. The zero-order chi connectivity index (χ0) is 15.1. The highest BCUT2D eigenvalue weighted by Gasteiger charge is 2.22. The Kier molecular flexibility index (Phi) is 5.35. The summed E-state index contributed by atoms with van der Waals surface area (Å²) in [4.78, 5) is 11.9. The quantitative estimate of drug-likeness (QED) is 0.829. The summed E-state index contributed by atoms with van der Waals surface area (Å²) in [5, 5.41) is 10.0. The van der Waals surface area contributed by atoms with Gasteiger partial charge in [0.05, 0.1) is 13.7 Å². The number of aliphatic hydroxyl groups is 1. The van der Waals surface area contributed by atoms with Crippen molar-refractivity contribution in [1.82, 2.24) is 0 Å². The number of carbonyl (C=O) groups is 1. The first kappa shape index (κ1) is 15.1. The van der Waals surface area contributed by atoms with Gasteiger partial charge in [0.1, 0.15) is 5.75 Å². The highest BCUT2D eigenvalue weighted by atomic mass is 16.5. The van der Waals surface area contributed by atoms with Crippen LogP contribution in [-0.4, -0.2) is 24.8 Å². The molecular formula is C17H18O4. The van der Waals surface area contributed by atoms with Crippen LogP contribution in [0.15, 0.2) is 54.6 Å². The van der Waals surface area contributed by atoms with Gasteiger partial charge in [0, 0.05) is 12.0 Å². The second-order valence-corrected chi connectivity index (χ2v) is 4.55. The summed E-state index contributed by atoms with van der Waals surface area (Å²) in [5.74, 6) is -0.208. The Morgan fingerprint density at radius 3 is 2.48 bits per heavy atom. The SMILES string of the molecule is COc1ccccc1C(O)C(=O)OCCc1ccccc1. The van der Waals surface area contributed by atoms with Gasteiger partial charge in [-0.3, -0.25) is 0 Å². The van der Waals surface area contributed by atoms with Gasteiger partial charge in [-0.1, -0.05) is 48.5 Å². The van der Waals surface area contributed by atoms with Gasteiger partial charge >= 0.3 is 5.97 Å². The first-order valence-corrected chi connectivity index (χ1v) is 6.74. The van der Waals surface area contributed by atoms with Crippen LogP contribution in [0.5, 0.6) is 5.75 Å². The molecule has 0 aliphatic carbocycles. The highest BCUT2D eigenvalue weighted by Crippen LogP contribution is 2.25. The van der Waals surface area contributed by atoms with Crippen molar-refractivity contribution in [2.45, 2.75) is 12.5 Å². The van der Waals surface area contributed by atoms with Crippen molar-refractivity contribution in [3.8, 4) is 5.75 Å². The smallest absolute Gasteiger partial charge is 0.339 e. The lowest BCUT2D eigenvalue weighted by Crippen LogP contribution is -2.17. The van der Waals surface area contributed by atoms with Gasteiger partial charge in [0.2, 0.25) is 0 Å². The molecule has 0 amide bonds. The molecule has 2 rings (SSSR count). The largest absolute Gasteiger partial charge is 0.496 e. The van der Waals surface area contributed by atoms with Gasteiger partial charge in [0.25, 0.3) is 0 Å². The van der Waals surface area contributed by atoms with Crippen molar-refractivity contribution >= 4 is 5.97 Å². The molecule has 0 radical (unpaired) electrons. The van der Waals surface area contributed by atoms with E-state index in [1.807, 2.05) is 30.3 Å². The number of para-hydroxylation sites is 1. The van der Waals surface area contributed by atoms with E-state index in [-0.39, 0.29) is 6.61 Å². The van der Waals surface area contributed by atoms with E-state index in [2.05, 4.69) is 0 Å². The van der Waals surface area contributed by atoms with E-state index >= 15 is 0 Å². The average Bonchev–Trinajstić information content (AvgIpc) is 2.55. The van der Waals surface area contributed by atoms with Gasteiger partial charge in [0.15, 0.2) is 6.10 Å². The van der Waals surface area contributed by atoms with Crippen molar-refractivity contribution in [2.75, 3.05) is 13.7 Å². The molecule has 0 heterocycles. The number of aliphatic hydroxyl groups excluding tert-OH is 1. The molecule has 0 aliphatic rings. The van der Waals surface area contributed by atoms with Crippen molar-refractivity contribution in [3.05, 3.63) is 65.7 Å². The molecule has 0 spiro atoms. The fourth-order valence-electron chi connectivity index (χ4n) is 2.01. The summed E-state index contributed by atoms with van der Waals surface area (Å²) >= 11 is 0. The normalized spacial score (nSPS) is 11.7. The summed E-state index contributed by atoms with van der Waals surface area (Å²) in [5.41, 5.74) is 1.49. The van der Waals surface area contributed by atoms with Crippen LogP contribution in [0.1, 0.15) is 17.2 Å². The summed E-state index contributed by atoms with van der Waals surface area (Å²) in [6, 6.07) is 16.6. The van der Waals surface area contributed by atoms with Crippen LogP contribution in [0, 0.1) is 0 Å². The third kappa shape index (κ3) is 4.07. The average molecular weight is 286 g/mol. The minimum atomic E-state index is -1.34. The lowest BCUT2D eigenvalue weighted by molar-refractivity contribution is -0.153. The molecule has 4 nitrogen and oxygen atoms in total. The van der Waals surface area contributed by atoms with E-state index in [0.29, 0.717) is 17.7 Å². The Hall–Kier alpha value is -2.33. The zero-order valence-electron chi connectivity index (χ0n) is 11.9. The summed E-state index contributed by atoms with van der Waals surface area (Å²) in [6.07, 6.45) is -0.720. The Balaban J connectivity index is 1.91. The first-order chi connectivity index (χ1) is 10.2. The van der Waals surface area contributed by atoms with Crippen molar-refractivity contribution in [2.24, 2.45) is 0 Å². The van der Waals surface area contributed by atoms with Crippen LogP contribution in [0.4, 0.5) is 0 Å². The predicted octanol–water partition coefficient (Wildman–Crippen LogP) is 2.51. The van der Waals surface area contributed by atoms with Crippen LogP contribution in [0.3, 0.4) is 0 Å². The molecule has 0 aromatic heterocycles. The fraction of sp³-hybridized carbons (Fsp3) is 0.235. The molecule has 1 N–H and O–H groups in total. The Morgan fingerprint density at radius 2 is 1.76 bits per heavy atom. The van der Waals surface area contributed by atoms with Gasteiger partial charge in [-0.2, -0.15) is 0 Å². The third-order valence-electron chi connectivity index (χ3n) is 3.13. The molecule has 0 saturated heterocycles. The van der Waals surface area contributed by atoms with Crippen LogP contribution >= 0.6 is 0 Å². The van der Waals surface area contributed by atoms with Crippen molar-refractivity contribution in [1.29, 1.82) is 0 Å². The maximum absolute atomic E-state index is 11.9. The van der Waals surface area contributed by atoms with E-state index in [9.17, 15) is 9.90 Å². The lowest BCUT2D eigenvalue weighted by Gasteiger charge is -2.14. The number of methoxy groups -OCH3 is 1. The number of hydrogen-bond acceptors (Lipinski definition) is 4. The Morgan fingerprint density at radius 1 is 1.10 bits per heavy atom. The standard InChI is InChI=1S/C17H18O4/c1-20-15-10-6-5-9-14(15)16(18)17(19)21-12-11-13-7-3-2-4-8-13/h2-10,16,18H,11-12H2,1H3. The third-order valence-corrected chi connectivity index (χ3v) is 3.13. The van der Waals surface area contributed by atoms with Gasteiger partial charge in [-0.05, 0) is 11.6 Å². The second-order valence-electron chi connectivity index (χ2n) is 4.55. The van der Waals surface area contributed by atoms with Gasteiger partial charge < -0.3 is 14.6 Å². The first-order valence-electron chi connectivity index (χ1n) is 6.74. The summed E-state index contributed by atoms with van der Waals surface area (Å²) in [7, 11) is 1.49. The molecule has 1 atom stereocenters. The molecule has 0 aliphatic heterocycles. The number of esters is 1. The predicted molar refractivity (Wildman–Crippen MR) is 79.1 cm³/mol. The molecule has 4 heteroatoms. The Bertz CT molecular complexity index is 580. The maximum Gasteiger partial charge on any atom is 0.339 e.